The number of carboxylic acids is 1. The third-order valence-electron chi connectivity index (χ3n) is 15.4. The van der Waals surface area contributed by atoms with E-state index in [1.807, 2.05) is 0 Å². The lowest BCUT2D eigenvalue weighted by Gasteiger charge is -2.45. The van der Waals surface area contributed by atoms with Gasteiger partial charge in [-0.3, -0.25) is 43.2 Å². The molecule has 0 aromatic heterocycles. The molecule has 0 aromatic rings. The largest absolute Gasteiger partial charge is 0.481 e. The smallest absolute Gasteiger partial charge is 0.306 e. The molecule has 2 heterocycles. The second-order valence-electron chi connectivity index (χ2n) is 23.0. The van der Waals surface area contributed by atoms with E-state index < -0.39 is 209 Å². The molecular formula is C58H104N8O21. The van der Waals surface area contributed by atoms with Gasteiger partial charge in [0.15, 0.2) is 18.7 Å². The molecule has 0 aliphatic carbocycles. The minimum absolute atomic E-state index is 0.00500. The summed E-state index contributed by atoms with van der Waals surface area (Å²) in [5.74, 6) is -8.80. The van der Waals surface area contributed by atoms with Gasteiger partial charge in [0.25, 0.3) is 0 Å². The van der Waals surface area contributed by atoms with Crippen LogP contribution in [0.4, 0.5) is 0 Å². The molecule has 3 unspecified atom stereocenters. The Balaban J connectivity index is 2.54. The minimum atomic E-state index is -1.96. The number of hydrogen-bond acceptors (Lipinski definition) is 22. The molecule has 0 radical (unpaired) electrons. The molecular weight excluding hydrogens is 1140 g/mol. The van der Waals surface area contributed by atoms with Crippen LogP contribution in [0.2, 0.25) is 0 Å². The van der Waals surface area contributed by atoms with Crippen molar-refractivity contribution in [1.82, 2.24) is 20.4 Å². The van der Waals surface area contributed by atoms with Crippen molar-refractivity contribution in [1.29, 1.82) is 0 Å². The summed E-state index contributed by atoms with van der Waals surface area (Å²) in [6.07, 6.45) is -2.80. The molecule has 0 bridgehead atoms. The highest BCUT2D eigenvalue weighted by atomic mass is 16.7. The predicted molar refractivity (Wildman–Crippen MR) is 313 cm³/mol. The van der Waals surface area contributed by atoms with Gasteiger partial charge in [0, 0.05) is 46.2 Å². The van der Waals surface area contributed by atoms with E-state index in [4.69, 9.17) is 51.4 Å². The number of nitrogens with one attached hydrogen (secondary N) is 2. The zero-order chi connectivity index (χ0) is 65.5. The summed E-state index contributed by atoms with van der Waals surface area (Å²) in [7, 11) is 0. The Labute approximate surface area is 510 Å². The first-order valence-corrected chi connectivity index (χ1v) is 30.9. The molecule has 0 saturated carbocycles. The van der Waals surface area contributed by atoms with E-state index in [9.17, 15) is 73.8 Å². The van der Waals surface area contributed by atoms with Crippen LogP contribution >= 0.6 is 0 Å². The quantitative estimate of drug-likeness (QED) is 0.0270. The van der Waals surface area contributed by atoms with Gasteiger partial charge in [-0.2, -0.15) is 0 Å². The first-order chi connectivity index (χ1) is 41.1. The molecule has 2 aliphatic heterocycles. The van der Waals surface area contributed by atoms with Gasteiger partial charge in [0.05, 0.1) is 37.0 Å². The highest BCUT2D eigenvalue weighted by Crippen LogP contribution is 2.30. The fraction of sp³-hybridized carbons (Fsp3) is 0.845. The Morgan fingerprint density at radius 1 is 0.621 bits per heavy atom. The number of aliphatic hydroxyl groups excluding tert-OH is 5. The van der Waals surface area contributed by atoms with Gasteiger partial charge in [0.2, 0.25) is 35.4 Å². The summed E-state index contributed by atoms with van der Waals surface area (Å²) >= 11 is 0. The van der Waals surface area contributed by atoms with Crippen molar-refractivity contribution in [3.05, 3.63) is 0 Å². The molecule has 502 valence electrons. The summed E-state index contributed by atoms with van der Waals surface area (Å²) < 4.78 is 35.2. The maximum Gasteiger partial charge on any atom is 0.306 e. The van der Waals surface area contributed by atoms with Crippen LogP contribution in [-0.2, 0) is 71.6 Å². The maximum atomic E-state index is 14.4. The van der Waals surface area contributed by atoms with Crippen LogP contribution in [0.15, 0.2) is 0 Å². The van der Waals surface area contributed by atoms with Crippen LogP contribution in [0, 0.1) is 0 Å². The third-order valence-corrected chi connectivity index (χ3v) is 15.4. The van der Waals surface area contributed by atoms with Crippen LogP contribution in [0.1, 0.15) is 183 Å². The van der Waals surface area contributed by atoms with E-state index in [1.54, 1.807) is 6.92 Å². The van der Waals surface area contributed by atoms with Gasteiger partial charge >= 0.3 is 17.9 Å². The first-order valence-electron chi connectivity index (χ1n) is 30.9. The summed E-state index contributed by atoms with van der Waals surface area (Å²) in [6, 6.07) is -9.17. The predicted octanol–water partition coefficient (Wildman–Crippen LogP) is -0.497. The lowest BCUT2D eigenvalue weighted by atomic mass is 9.95. The summed E-state index contributed by atoms with van der Waals surface area (Å²) in [5, 5.41) is 67.7. The Hall–Kier alpha value is -5.21. The van der Waals surface area contributed by atoms with Crippen molar-refractivity contribution in [3.8, 4) is 0 Å². The normalized spacial score (nSPS) is 24.4. The van der Waals surface area contributed by atoms with Crippen molar-refractivity contribution >= 4 is 53.4 Å². The van der Waals surface area contributed by atoms with E-state index >= 15 is 0 Å². The highest BCUT2D eigenvalue weighted by Gasteiger charge is 2.51. The molecule has 87 heavy (non-hydrogen) atoms. The number of ether oxygens (including phenoxy) is 6. The van der Waals surface area contributed by atoms with E-state index in [0.717, 1.165) is 55.8 Å². The van der Waals surface area contributed by atoms with E-state index in [-0.39, 0.29) is 12.8 Å². The monoisotopic (exact) mass is 1250 g/mol. The summed E-state index contributed by atoms with van der Waals surface area (Å²) in [4.78, 5) is 121. The van der Waals surface area contributed by atoms with Gasteiger partial charge in [-0.25, -0.2) is 0 Å². The van der Waals surface area contributed by atoms with Gasteiger partial charge in [0.1, 0.15) is 61.3 Å². The summed E-state index contributed by atoms with van der Waals surface area (Å²) in [6.45, 7) is 7.38. The number of rotatable bonds is 44. The van der Waals surface area contributed by atoms with Crippen molar-refractivity contribution in [2.75, 3.05) is 26.3 Å². The number of carbonyl (C=O) groups is 9. The van der Waals surface area contributed by atoms with Crippen molar-refractivity contribution in [3.63, 3.8) is 0 Å². The Morgan fingerprint density at radius 2 is 1.10 bits per heavy atom. The second-order valence-corrected chi connectivity index (χ2v) is 23.0. The number of nitrogens with zero attached hydrogens (tertiary/aromatic N) is 2. The van der Waals surface area contributed by atoms with Gasteiger partial charge < -0.3 is 102 Å². The number of amides is 6. The molecule has 29 heteroatoms. The molecule has 29 nitrogen and oxygen atoms in total. The molecule has 0 aromatic carbocycles. The van der Waals surface area contributed by atoms with Crippen LogP contribution in [0.25, 0.3) is 0 Å². The van der Waals surface area contributed by atoms with E-state index in [1.165, 1.54) is 78.6 Å². The lowest BCUT2D eigenvalue weighted by Crippen LogP contribution is -2.66. The average Bonchev–Trinajstić information content (AvgIpc) is 1.44. The molecule has 2 rings (SSSR count). The SMILES string of the molecule is CCCCCCCCCCCCCCCCCC(=O)OC[C@H]1O[C@H](O)[C@H](NC(C)=O)[C@@H](OC(C)CN(C(=O)C(N)CC)[C@H](CCC(=O)O)C(N)=O)[C@@H]1OC(=O)CC[C@H](C(N)=O)N(CC(C)O[C@@H]1[C@@H](N)[C@@H](O)O[C@H](CO)[C@H]1O)C(=O)[C@@H](NC(C)=O)[C@@H](C)O. The van der Waals surface area contributed by atoms with Crippen LogP contribution in [-0.4, -0.2) is 224 Å². The standard InChI is InChI=1S/C58H104N8O21/c1-8-10-11-12-13-14-15-16-17-18-19-20-21-22-23-24-44(73)82-32-42-50(52(48(58(81)86-42)64-37(7)70)84-34(4)29-65(55(78)38(59)9-2)39(53(61)76)25-27-43(71)72)87-45(74)28-26-40(54(62)77)66(56(79)47(35(5)68)63-36(6)69)30-33(3)83-51-46(60)57(80)85-41(31-67)49(51)75/h33-35,38-42,46-52,57-58,67-68,75,80-81H,8-32,59-60H2,1-7H3,(H2,61,76)(H2,62,77)(H,63,69)(H,64,70)(H,71,72)/t33?,34?,35-,38?,39-,40-,41-,42-,46-,47+,48-,49-,50-,51-,52-,57+,58+/m1/s1. The molecule has 0 spiro atoms. The Bertz CT molecular complexity index is 2130. The fourth-order valence-electron chi connectivity index (χ4n) is 10.6. The van der Waals surface area contributed by atoms with Crippen LogP contribution in [0.3, 0.4) is 0 Å². The zero-order valence-corrected chi connectivity index (χ0v) is 52.0. The van der Waals surface area contributed by atoms with Gasteiger partial charge in [-0.15, -0.1) is 0 Å². The average molecular weight is 1250 g/mol. The fourth-order valence-corrected chi connectivity index (χ4v) is 10.6. The molecule has 2 saturated heterocycles. The van der Waals surface area contributed by atoms with Crippen molar-refractivity contribution in [2.45, 2.75) is 287 Å². The van der Waals surface area contributed by atoms with Gasteiger partial charge in [-0.05, 0) is 46.5 Å². The topological polar surface area (TPSA) is 465 Å². The number of hydrogen-bond donors (Lipinski definition) is 12. The van der Waals surface area contributed by atoms with Crippen molar-refractivity contribution in [2.24, 2.45) is 22.9 Å². The highest BCUT2D eigenvalue weighted by molar-refractivity contribution is 5.92. The molecule has 16 N–H and O–H groups in total. The third kappa shape index (κ3) is 27.6. The number of aliphatic carboxylic acids is 1. The summed E-state index contributed by atoms with van der Waals surface area (Å²) in [5.41, 5.74) is 23.9. The van der Waals surface area contributed by atoms with Crippen LogP contribution in [0.5, 0.6) is 0 Å². The Kier molecular flexibility index (Phi) is 36.8. The van der Waals surface area contributed by atoms with Gasteiger partial charge in [-0.1, -0.05) is 104 Å². The number of nitrogens with two attached hydrogens (primary N) is 4. The second kappa shape index (κ2) is 41.2. The number of carbonyl (C=O) groups excluding carboxylic acids is 8. The van der Waals surface area contributed by atoms with Crippen molar-refractivity contribution < 1.29 is 102 Å². The number of esters is 2. The number of aliphatic hydroxyl groups is 5. The van der Waals surface area contributed by atoms with E-state index in [2.05, 4.69) is 17.6 Å². The zero-order valence-electron chi connectivity index (χ0n) is 52.0. The number of unbranched alkanes of at least 4 members (excludes halogenated alkanes) is 14. The molecule has 6 amide bonds. The molecule has 17 atom stereocenters. The molecule has 2 aliphatic rings. The first kappa shape index (κ1) is 77.9. The van der Waals surface area contributed by atoms with Crippen LogP contribution < -0.4 is 33.6 Å². The maximum absolute atomic E-state index is 14.4. The number of primary amides is 2. The molecule has 2 fully saturated rings. The Morgan fingerprint density at radius 3 is 1.56 bits per heavy atom. The minimum Gasteiger partial charge on any atom is -0.481 e. The number of carboxylic acid groups (broad SMARTS) is 1. The lowest BCUT2D eigenvalue weighted by molar-refractivity contribution is -0.274. The van der Waals surface area contributed by atoms with E-state index in [0.29, 0.717) is 6.42 Å².